The van der Waals surface area contributed by atoms with Gasteiger partial charge in [-0.2, -0.15) is 0 Å². The maximum absolute atomic E-state index is 13.4. The molecule has 2 aliphatic rings. The number of ether oxygens (including phenoxy) is 4. The molecular formula is C24H32N2O8. The van der Waals surface area contributed by atoms with E-state index >= 15 is 0 Å². The molecule has 0 radical (unpaired) electrons. The molecule has 186 valence electrons. The van der Waals surface area contributed by atoms with Gasteiger partial charge in [0.15, 0.2) is 6.10 Å². The Balaban J connectivity index is 1.86. The molecule has 0 spiro atoms. The summed E-state index contributed by atoms with van der Waals surface area (Å²) in [5, 5.41) is 0. The third kappa shape index (κ3) is 6.12. The van der Waals surface area contributed by atoms with E-state index in [0.717, 1.165) is 12.5 Å². The van der Waals surface area contributed by atoms with E-state index < -0.39 is 35.7 Å². The van der Waals surface area contributed by atoms with E-state index in [1.54, 1.807) is 43.9 Å². The van der Waals surface area contributed by atoms with Gasteiger partial charge in [0.05, 0.1) is 19.8 Å². The average Bonchev–Trinajstić information content (AvgIpc) is 2.77. The number of anilines is 1. The molecule has 10 nitrogen and oxygen atoms in total. The van der Waals surface area contributed by atoms with Crippen molar-refractivity contribution in [1.82, 2.24) is 4.90 Å². The van der Waals surface area contributed by atoms with Gasteiger partial charge in [0, 0.05) is 37.8 Å². The number of rotatable bonds is 5. The van der Waals surface area contributed by atoms with E-state index in [-0.39, 0.29) is 19.1 Å². The lowest BCUT2D eigenvalue weighted by Gasteiger charge is -2.36. The maximum Gasteiger partial charge on any atom is 0.351 e. The van der Waals surface area contributed by atoms with Crippen molar-refractivity contribution in [3.63, 3.8) is 0 Å². The summed E-state index contributed by atoms with van der Waals surface area (Å²) >= 11 is 0. The topological polar surface area (TPSA) is 112 Å². The number of carbonyl (C=O) groups excluding carboxylic acids is 4. The van der Waals surface area contributed by atoms with Gasteiger partial charge < -0.3 is 28.7 Å². The highest BCUT2D eigenvalue weighted by Crippen LogP contribution is 2.26. The van der Waals surface area contributed by atoms with Crippen LogP contribution < -0.4 is 4.90 Å². The molecule has 10 heteroatoms. The summed E-state index contributed by atoms with van der Waals surface area (Å²) in [7, 11) is 0. The van der Waals surface area contributed by atoms with Crippen molar-refractivity contribution in [3.05, 3.63) is 29.3 Å². The largest absolute Gasteiger partial charge is 0.457 e. The Morgan fingerprint density at radius 2 is 1.76 bits per heavy atom. The van der Waals surface area contributed by atoms with E-state index in [4.69, 9.17) is 18.9 Å². The molecule has 2 saturated heterocycles. The van der Waals surface area contributed by atoms with Crippen molar-refractivity contribution < 1.29 is 38.1 Å². The monoisotopic (exact) mass is 476 g/mol. The fourth-order valence-electron chi connectivity index (χ4n) is 3.80. The van der Waals surface area contributed by atoms with Crippen LogP contribution in [-0.2, 0) is 33.3 Å². The van der Waals surface area contributed by atoms with Crippen LogP contribution in [0.4, 0.5) is 5.69 Å². The number of hydrogen-bond donors (Lipinski definition) is 0. The number of hydrogen-bond acceptors (Lipinski definition) is 8. The van der Waals surface area contributed by atoms with Crippen LogP contribution in [0.1, 0.15) is 43.6 Å². The zero-order valence-electron chi connectivity index (χ0n) is 20.3. The number of nitrogens with zero attached hydrogens (tertiary/aromatic N) is 2. The molecule has 2 amide bonds. The van der Waals surface area contributed by atoms with E-state index in [0.29, 0.717) is 37.6 Å². The summed E-state index contributed by atoms with van der Waals surface area (Å²) in [5.41, 5.74) is 0.910. The van der Waals surface area contributed by atoms with Gasteiger partial charge in [-0.1, -0.05) is 6.07 Å². The highest BCUT2D eigenvalue weighted by Gasteiger charge is 2.44. The lowest BCUT2D eigenvalue weighted by Crippen LogP contribution is -2.56. The van der Waals surface area contributed by atoms with E-state index in [1.807, 2.05) is 6.92 Å². The molecule has 0 N–H and O–H groups in total. The molecule has 1 aromatic rings. The quantitative estimate of drug-likeness (QED) is 0.588. The Bertz CT molecular complexity index is 949. The number of benzene rings is 1. The zero-order chi connectivity index (χ0) is 25.0. The van der Waals surface area contributed by atoms with Gasteiger partial charge in [0.2, 0.25) is 6.10 Å². The van der Waals surface area contributed by atoms with Gasteiger partial charge in [-0.15, -0.1) is 0 Å². The molecule has 0 unspecified atom stereocenters. The standard InChI is InChI=1S/C24H32N2O8/c1-15-6-7-17(14-18(15)21(28)25-8-11-31-12-9-25)26-10-13-32-19(22(26)29)20(33-16(2)27)23(30)34-24(3,4)5/h6-7,14,19-20H,8-13H2,1-5H3/t19-,20-/m1/s1. The molecule has 1 aromatic carbocycles. The molecule has 0 bridgehead atoms. The van der Waals surface area contributed by atoms with E-state index in [2.05, 4.69) is 0 Å². The maximum atomic E-state index is 13.4. The fraction of sp³-hybridized carbons (Fsp3) is 0.583. The Hall–Kier alpha value is -2.98. The highest BCUT2D eigenvalue weighted by molar-refractivity contribution is 6.02. The highest BCUT2D eigenvalue weighted by atomic mass is 16.6. The number of amides is 2. The first-order valence-electron chi connectivity index (χ1n) is 11.3. The molecule has 3 rings (SSSR count). The van der Waals surface area contributed by atoms with Crippen LogP contribution in [0, 0.1) is 6.92 Å². The second kappa shape index (κ2) is 10.5. The summed E-state index contributed by atoms with van der Waals surface area (Å²) in [4.78, 5) is 54.0. The van der Waals surface area contributed by atoms with Crippen molar-refractivity contribution >= 4 is 29.4 Å². The predicted octanol–water partition coefficient (Wildman–Crippen LogP) is 1.47. The van der Waals surface area contributed by atoms with E-state index in [9.17, 15) is 19.2 Å². The second-order valence-electron chi connectivity index (χ2n) is 9.25. The molecule has 2 heterocycles. The van der Waals surface area contributed by atoms with Crippen molar-refractivity contribution in [2.45, 2.75) is 52.4 Å². The summed E-state index contributed by atoms with van der Waals surface area (Å²) in [6.45, 7) is 10.3. The lowest BCUT2D eigenvalue weighted by molar-refractivity contribution is -0.188. The molecule has 2 atom stereocenters. The molecule has 2 aliphatic heterocycles. The SMILES string of the molecule is CC(=O)O[C@@H](C(=O)OC(C)(C)C)[C@H]1OCCN(c2ccc(C)c(C(=O)N3CCOCC3)c2)C1=O. The summed E-state index contributed by atoms with van der Waals surface area (Å²) in [5.74, 6) is -2.29. The van der Waals surface area contributed by atoms with Crippen molar-refractivity contribution in [2.24, 2.45) is 0 Å². The van der Waals surface area contributed by atoms with Crippen LogP contribution in [0.2, 0.25) is 0 Å². The zero-order valence-corrected chi connectivity index (χ0v) is 20.3. The van der Waals surface area contributed by atoms with Crippen LogP contribution >= 0.6 is 0 Å². The van der Waals surface area contributed by atoms with Gasteiger partial charge in [-0.25, -0.2) is 4.79 Å². The summed E-state index contributed by atoms with van der Waals surface area (Å²) in [6.07, 6.45) is -2.92. The number of esters is 2. The molecule has 0 saturated carbocycles. The minimum atomic E-state index is -1.55. The summed E-state index contributed by atoms with van der Waals surface area (Å²) in [6, 6.07) is 5.18. The average molecular weight is 477 g/mol. The van der Waals surface area contributed by atoms with Gasteiger partial charge >= 0.3 is 11.9 Å². The van der Waals surface area contributed by atoms with Crippen LogP contribution in [0.5, 0.6) is 0 Å². The molecule has 2 fully saturated rings. The fourth-order valence-corrected chi connectivity index (χ4v) is 3.80. The van der Waals surface area contributed by atoms with Crippen LogP contribution in [0.25, 0.3) is 0 Å². The lowest BCUT2D eigenvalue weighted by atomic mass is 10.0. The Morgan fingerprint density at radius 3 is 2.38 bits per heavy atom. The molecule has 34 heavy (non-hydrogen) atoms. The minimum absolute atomic E-state index is 0.109. The van der Waals surface area contributed by atoms with Gasteiger partial charge in [-0.05, 0) is 45.4 Å². The normalized spacial score (nSPS) is 20.0. The van der Waals surface area contributed by atoms with Crippen molar-refractivity contribution in [2.75, 3.05) is 44.4 Å². The first kappa shape index (κ1) is 25.6. The second-order valence-corrected chi connectivity index (χ2v) is 9.25. The van der Waals surface area contributed by atoms with Crippen molar-refractivity contribution in [1.29, 1.82) is 0 Å². The minimum Gasteiger partial charge on any atom is -0.457 e. The number of carbonyl (C=O) groups is 4. The third-order valence-corrected chi connectivity index (χ3v) is 5.39. The first-order chi connectivity index (χ1) is 16.0. The van der Waals surface area contributed by atoms with Gasteiger partial charge in [-0.3, -0.25) is 14.4 Å². The van der Waals surface area contributed by atoms with Gasteiger partial charge in [0.25, 0.3) is 11.8 Å². The van der Waals surface area contributed by atoms with Crippen LogP contribution in [0.3, 0.4) is 0 Å². The van der Waals surface area contributed by atoms with Crippen LogP contribution in [-0.4, -0.2) is 85.9 Å². The smallest absolute Gasteiger partial charge is 0.351 e. The predicted molar refractivity (Wildman–Crippen MR) is 121 cm³/mol. The molecular weight excluding hydrogens is 444 g/mol. The van der Waals surface area contributed by atoms with Crippen LogP contribution in [0.15, 0.2) is 18.2 Å². The number of morpholine rings is 2. The van der Waals surface area contributed by atoms with Crippen molar-refractivity contribution in [3.8, 4) is 0 Å². The van der Waals surface area contributed by atoms with E-state index in [1.165, 1.54) is 4.90 Å². The third-order valence-electron chi connectivity index (χ3n) is 5.39. The first-order valence-corrected chi connectivity index (χ1v) is 11.3. The van der Waals surface area contributed by atoms with Gasteiger partial charge in [0.1, 0.15) is 5.60 Å². The molecule has 0 aromatic heterocycles. The number of aryl methyl sites for hydroxylation is 1. The Labute approximate surface area is 199 Å². The Morgan fingerprint density at radius 1 is 1.09 bits per heavy atom. The Kier molecular flexibility index (Phi) is 7.93. The summed E-state index contributed by atoms with van der Waals surface area (Å²) < 4.78 is 21.4. The molecule has 0 aliphatic carbocycles.